The number of anilines is 2. The van der Waals surface area contributed by atoms with Gasteiger partial charge in [-0.2, -0.15) is 0 Å². The first-order chi connectivity index (χ1) is 18.5. The summed E-state index contributed by atoms with van der Waals surface area (Å²) >= 11 is 0. The van der Waals surface area contributed by atoms with Crippen LogP contribution in [0.15, 0.2) is 79.0 Å². The van der Waals surface area contributed by atoms with Crippen LogP contribution in [-0.2, 0) is 4.79 Å². The Kier molecular flexibility index (Phi) is 7.54. The smallest absolute Gasteiger partial charge is 0.255 e. The van der Waals surface area contributed by atoms with Gasteiger partial charge in [-0.05, 0) is 97.8 Å². The molecule has 7 nitrogen and oxygen atoms in total. The quantitative estimate of drug-likeness (QED) is 0.257. The number of hydrogen-bond acceptors (Lipinski definition) is 4. The molecular weight excluding hydrogens is 476 g/mol. The molecule has 0 aliphatic heterocycles. The van der Waals surface area contributed by atoms with Crippen molar-refractivity contribution in [2.24, 2.45) is 11.8 Å². The normalized spacial score (nSPS) is 17.0. The fourth-order valence-electron chi connectivity index (χ4n) is 4.77. The van der Waals surface area contributed by atoms with Crippen molar-refractivity contribution in [2.75, 3.05) is 17.7 Å². The van der Waals surface area contributed by atoms with Crippen molar-refractivity contribution in [1.29, 1.82) is 0 Å². The minimum atomic E-state index is -0.186. The van der Waals surface area contributed by atoms with E-state index in [1.807, 2.05) is 48.5 Å². The van der Waals surface area contributed by atoms with Gasteiger partial charge in [-0.1, -0.05) is 19.1 Å². The Morgan fingerprint density at radius 1 is 0.816 bits per heavy atom. The molecule has 1 aromatic heterocycles. The lowest BCUT2D eigenvalue weighted by Crippen LogP contribution is -2.26. The number of hydrogen-bond donors (Lipinski definition) is 3. The maximum atomic E-state index is 12.6. The van der Waals surface area contributed by atoms with Gasteiger partial charge in [0.1, 0.15) is 11.6 Å². The summed E-state index contributed by atoms with van der Waals surface area (Å²) in [7, 11) is 1.59. The molecule has 0 radical (unpaired) electrons. The van der Waals surface area contributed by atoms with Gasteiger partial charge >= 0.3 is 0 Å². The highest BCUT2D eigenvalue weighted by molar-refractivity contribution is 6.04. The van der Waals surface area contributed by atoms with Crippen LogP contribution in [0.4, 0.5) is 11.4 Å². The summed E-state index contributed by atoms with van der Waals surface area (Å²) in [6.45, 7) is 2.26. The van der Waals surface area contributed by atoms with E-state index < -0.39 is 0 Å². The van der Waals surface area contributed by atoms with E-state index in [0.717, 1.165) is 59.9 Å². The van der Waals surface area contributed by atoms with Gasteiger partial charge in [-0.15, -0.1) is 0 Å². The molecule has 0 unspecified atom stereocenters. The number of benzene rings is 3. The zero-order chi connectivity index (χ0) is 26.5. The van der Waals surface area contributed by atoms with E-state index >= 15 is 0 Å². The number of amides is 2. The number of rotatable bonds is 7. The molecule has 3 N–H and O–H groups in total. The number of methoxy groups -OCH3 is 1. The molecule has 5 rings (SSSR count). The van der Waals surface area contributed by atoms with Crippen molar-refractivity contribution >= 4 is 23.2 Å². The number of aromatic amines is 1. The minimum Gasteiger partial charge on any atom is -0.497 e. The lowest BCUT2D eigenvalue weighted by molar-refractivity contribution is -0.121. The zero-order valence-corrected chi connectivity index (χ0v) is 21.7. The molecular formula is C31H32N4O3. The van der Waals surface area contributed by atoms with Gasteiger partial charge in [0.05, 0.1) is 19.0 Å². The number of carbonyl (C=O) groups excluding carboxylic acids is 2. The van der Waals surface area contributed by atoms with Crippen LogP contribution in [-0.4, -0.2) is 28.9 Å². The van der Waals surface area contributed by atoms with Crippen molar-refractivity contribution in [3.63, 3.8) is 0 Å². The number of H-pyrrole nitrogens is 1. The summed E-state index contributed by atoms with van der Waals surface area (Å²) < 4.78 is 5.14. The van der Waals surface area contributed by atoms with E-state index in [0.29, 0.717) is 17.0 Å². The molecule has 1 saturated carbocycles. The largest absolute Gasteiger partial charge is 0.497 e. The van der Waals surface area contributed by atoms with Crippen LogP contribution in [0.3, 0.4) is 0 Å². The van der Waals surface area contributed by atoms with Crippen LogP contribution in [0.5, 0.6) is 5.75 Å². The van der Waals surface area contributed by atoms with Crippen molar-refractivity contribution in [2.45, 2.75) is 32.6 Å². The third-order valence-electron chi connectivity index (χ3n) is 7.19. The number of aromatic nitrogens is 2. The Hall–Kier alpha value is -4.39. The van der Waals surface area contributed by atoms with E-state index in [1.165, 1.54) is 0 Å². The van der Waals surface area contributed by atoms with E-state index in [1.54, 1.807) is 37.6 Å². The van der Waals surface area contributed by atoms with Gasteiger partial charge in [0, 0.05) is 28.4 Å². The Morgan fingerprint density at radius 2 is 1.42 bits per heavy atom. The van der Waals surface area contributed by atoms with Gasteiger partial charge in [0.2, 0.25) is 5.91 Å². The number of carbonyl (C=O) groups is 2. The number of imidazole rings is 1. The summed E-state index contributed by atoms with van der Waals surface area (Å²) in [4.78, 5) is 33.0. The standard InChI is InChI=1S/C31H32N4O3/c1-20-3-5-23(6-4-20)30(36)33-25-13-7-21(8-14-25)28-19-32-29(35-28)22-9-15-26(16-10-22)34-31(37)24-11-17-27(38-2)18-12-24/h7-20,23H,3-6H2,1-2H3,(H,32,35)(H,33,36)(H,34,37). The third kappa shape index (κ3) is 5.94. The molecule has 0 spiro atoms. The first-order valence-corrected chi connectivity index (χ1v) is 13.0. The Bertz CT molecular complexity index is 1380. The van der Waals surface area contributed by atoms with E-state index in [2.05, 4.69) is 27.5 Å². The topological polar surface area (TPSA) is 96.1 Å². The molecule has 1 fully saturated rings. The first-order valence-electron chi connectivity index (χ1n) is 13.0. The average Bonchev–Trinajstić information content (AvgIpc) is 3.44. The molecule has 0 atom stereocenters. The van der Waals surface area contributed by atoms with Crippen LogP contribution in [0.2, 0.25) is 0 Å². The fraction of sp³-hybridized carbons (Fsp3) is 0.258. The second-order valence-corrected chi connectivity index (χ2v) is 9.93. The second kappa shape index (κ2) is 11.3. The molecule has 38 heavy (non-hydrogen) atoms. The number of nitrogens with one attached hydrogen (secondary N) is 3. The second-order valence-electron chi connectivity index (χ2n) is 9.93. The van der Waals surface area contributed by atoms with Gasteiger partial charge in [0.15, 0.2) is 0 Å². The van der Waals surface area contributed by atoms with Crippen LogP contribution < -0.4 is 15.4 Å². The van der Waals surface area contributed by atoms with Crippen molar-refractivity contribution in [1.82, 2.24) is 9.97 Å². The molecule has 2 amide bonds. The molecule has 3 aromatic carbocycles. The maximum Gasteiger partial charge on any atom is 0.255 e. The first kappa shape index (κ1) is 25.3. The van der Waals surface area contributed by atoms with E-state index in [9.17, 15) is 9.59 Å². The molecule has 0 bridgehead atoms. The lowest BCUT2D eigenvalue weighted by Gasteiger charge is -2.25. The zero-order valence-electron chi connectivity index (χ0n) is 21.7. The van der Waals surface area contributed by atoms with Crippen molar-refractivity contribution in [3.05, 3.63) is 84.6 Å². The van der Waals surface area contributed by atoms with E-state index in [4.69, 9.17) is 4.74 Å². The van der Waals surface area contributed by atoms with Crippen molar-refractivity contribution in [3.8, 4) is 28.4 Å². The Labute approximate surface area is 222 Å². The molecule has 1 aliphatic rings. The Morgan fingerprint density at radius 3 is 2.05 bits per heavy atom. The third-order valence-corrected chi connectivity index (χ3v) is 7.19. The highest BCUT2D eigenvalue weighted by atomic mass is 16.5. The van der Waals surface area contributed by atoms with Crippen LogP contribution >= 0.6 is 0 Å². The molecule has 0 saturated heterocycles. The summed E-state index contributed by atoms with van der Waals surface area (Å²) in [5.74, 6) is 2.21. The fourth-order valence-corrected chi connectivity index (χ4v) is 4.77. The molecule has 1 aliphatic carbocycles. The highest BCUT2D eigenvalue weighted by Crippen LogP contribution is 2.30. The monoisotopic (exact) mass is 508 g/mol. The maximum absolute atomic E-state index is 12.6. The van der Waals surface area contributed by atoms with Crippen LogP contribution in [0, 0.1) is 11.8 Å². The molecule has 1 heterocycles. The minimum absolute atomic E-state index is 0.114. The van der Waals surface area contributed by atoms with Gasteiger partial charge in [0.25, 0.3) is 5.91 Å². The summed E-state index contributed by atoms with van der Waals surface area (Å²) in [5.41, 5.74) is 4.84. The van der Waals surface area contributed by atoms with Crippen molar-refractivity contribution < 1.29 is 14.3 Å². The average molecular weight is 509 g/mol. The predicted molar refractivity (Wildman–Crippen MR) is 150 cm³/mol. The summed E-state index contributed by atoms with van der Waals surface area (Å²) in [6, 6.07) is 22.3. The van der Waals surface area contributed by atoms with Gasteiger partial charge < -0.3 is 20.4 Å². The predicted octanol–water partition coefficient (Wildman–Crippen LogP) is 6.77. The molecule has 4 aromatic rings. The van der Waals surface area contributed by atoms with Crippen LogP contribution in [0.25, 0.3) is 22.6 Å². The van der Waals surface area contributed by atoms with Crippen LogP contribution in [0.1, 0.15) is 43.0 Å². The summed E-state index contributed by atoms with van der Waals surface area (Å²) in [6.07, 6.45) is 5.99. The summed E-state index contributed by atoms with van der Waals surface area (Å²) in [5, 5.41) is 5.98. The molecule has 7 heteroatoms. The number of nitrogens with zero attached hydrogens (tertiary/aromatic N) is 1. The molecule has 194 valence electrons. The van der Waals surface area contributed by atoms with E-state index in [-0.39, 0.29) is 17.7 Å². The highest BCUT2D eigenvalue weighted by Gasteiger charge is 2.24. The SMILES string of the molecule is COc1ccc(C(=O)Nc2ccc(-c3ncc(-c4ccc(NC(=O)C5CCC(C)CC5)cc4)[nH]3)cc2)cc1. The van der Waals surface area contributed by atoms with Gasteiger partial charge in [-0.3, -0.25) is 9.59 Å². The Balaban J connectivity index is 1.19. The lowest BCUT2D eigenvalue weighted by atomic mass is 9.82. The van der Waals surface area contributed by atoms with Gasteiger partial charge in [-0.25, -0.2) is 4.98 Å². The number of ether oxygens (including phenoxy) is 1.